The topological polar surface area (TPSA) is 180 Å². The van der Waals surface area contributed by atoms with Crippen molar-refractivity contribution in [3.8, 4) is 0 Å². The molecule has 444 valence electrons. The third-order valence-electron chi connectivity index (χ3n) is 15.6. The van der Waals surface area contributed by atoms with Gasteiger partial charge in [0, 0.05) is 68.3 Å². The van der Waals surface area contributed by atoms with Crippen LogP contribution in [0.15, 0.2) is 0 Å². The van der Waals surface area contributed by atoms with Crippen LogP contribution in [0.3, 0.4) is 0 Å². The van der Waals surface area contributed by atoms with Gasteiger partial charge < -0.3 is 0 Å². The summed E-state index contributed by atoms with van der Waals surface area (Å²) >= 11 is 0. The molecule has 0 aliphatic heterocycles. The molecule has 8 rings (SSSR count). The quantitative estimate of drug-likeness (QED) is 0.140. The van der Waals surface area contributed by atoms with E-state index in [0.717, 1.165) is 126 Å². The summed E-state index contributed by atoms with van der Waals surface area (Å²) in [7, 11) is 0. The largest absolute Gasteiger partial charge is 0.258 e. The molecule has 0 atom stereocenters. The summed E-state index contributed by atoms with van der Waals surface area (Å²) in [5, 5.41) is 0. The average Bonchev–Trinajstić information content (AvgIpc) is 3.37. The molecule has 0 aliphatic rings. The number of pyridine rings is 3. The molecule has 0 radical (unpaired) electrons. The molecule has 8 aromatic heterocycles. The van der Waals surface area contributed by atoms with E-state index in [9.17, 15) is 0 Å². The molecule has 8 heterocycles. The van der Waals surface area contributed by atoms with Crippen LogP contribution in [0.5, 0.6) is 0 Å². The van der Waals surface area contributed by atoms with Crippen molar-refractivity contribution in [3.63, 3.8) is 0 Å². The van der Waals surface area contributed by atoms with E-state index >= 15 is 0 Å². The molecule has 0 saturated heterocycles. The van der Waals surface area contributed by atoms with Crippen molar-refractivity contribution in [1.29, 1.82) is 0 Å². The highest BCUT2D eigenvalue weighted by Gasteiger charge is 2.07. The summed E-state index contributed by atoms with van der Waals surface area (Å²) in [6, 6.07) is 0. The Morgan fingerprint density at radius 2 is 0.207 bits per heavy atom. The first-order valence-electron chi connectivity index (χ1n) is 28.3. The molecule has 0 spiro atoms. The lowest BCUT2D eigenvalue weighted by atomic mass is 10.0. The lowest BCUT2D eigenvalue weighted by molar-refractivity contribution is 0.875. The van der Waals surface area contributed by atoms with Gasteiger partial charge in [-0.1, -0.05) is 0 Å². The van der Waals surface area contributed by atoms with Gasteiger partial charge >= 0.3 is 0 Å². The predicted molar refractivity (Wildman–Crippen MR) is 342 cm³/mol. The third kappa shape index (κ3) is 22.6. The van der Waals surface area contributed by atoms with Gasteiger partial charge in [-0.15, -0.1) is 0 Å². The molecule has 8 aromatic rings. The number of hydrogen-bond acceptors (Lipinski definition) is 14. The van der Waals surface area contributed by atoms with E-state index in [1.54, 1.807) is 0 Å². The first-order chi connectivity index (χ1) is 37.7. The Hall–Kier alpha value is -7.22. The van der Waals surface area contributed by atoms with E-state index in [0.29, 0.717) is 0 Å². The Kier molecular flexibility index (Phi) is 29.3. The van der Waals surface area contributed by atoms with E-state index in [1.807, 2.05) is 132 Å². The first-order valence-corrected chi connectivity index (χ1v) is 28.3. The fourth-order valence-corrected chi connectivity index (χ4v) is 8.15. The minimum Gasteiger partial charge on any atom is -0.258 e. The Morgan fingerprint density at radius 1 is 0.0976 bits per heavy atom. The maximum Gasteiger partial charge on any atom is 0.129 e. The SMILES string of the molecule is Cc1nc(C)c(C)c(C)c1C.Cc1nc(C)c(C)c(C)c1C.Cc1nc(C)c(C)c(C)c1C.Cc1nc(C)c(C)c(C)n1.Cc1nc(C)c(C)c(C)n1.Cc1nc(C)c(C)c(C)n1.Cc1nc(C)c(C)nc1C.Cc1nc(C)nc(C)n1. The van der Waals surface area contributed by atoms with E-state index in [2.05, 4.69) is 174 Å². The zero-order valence-corrected chi connectivity index (χ0v) is 57.3. The van der Waals surface area contributed by atoms with Crippen molar-refractivity contribution in [3.05, 3.63) is 193 Å². The van der Waals surface area contributed by atoms with E-state index < -0.39 is 0 Å². The van der Waals surface area contributed by atoms with Crippen LogP contribution in [0.1, 0.15) is 193 Å². The molecule has 0 fully saturated rings. The van der Waals surface area contributed by atoms with Gasteiger partial charge in [0.1, 0.15) is 34.9 Å². The van der Waals surface area contributed by atoms with Crippen LogP contribution in [0, 0.1) is 235 Å². The number of aromatic nitrogens is 14. The highest BCUT2D eigenvalue weighted by atomic mass is 15.0. The van der Waals surface area contributed by atoms with Crippen molar-refractivity contribution < 1.29 is 0 Å². The number of nitrogens with zero attached hydrogens (tertiary/aromatic N) is 14. The molecule has 0 N–H and O–H groups in total. The van der Waals surface area contributed by atoms with Crippen LogP contribution >= 0.6 is 0 Å². The van der Waals surface area contributed by atoms with Crippen LogP contribution in [0.2, 0.25) is 0 Å². The number of hydrogen-bond donors (Lipinski definition) is 0. The Morgan fingerprint density at radius 3 is 0.354 bits per heavy atom. The highest BCUT2D eigenvalue weighted by molar-refractivity contribution is 5.39. The highest BCUT2D eigenvalue weighted by Crippen LogP contribution is 2.19. The predicted octanol–water partition coefficient (Wildman–Crippen LogP) is 15.5. The van der Waals surface area contributed by atoms with Crippen LogP contribution in [0.25, 0.3) is 0 Å². The van der Waals surface area contributed by atoms with E-state index in [4.69, 9.17) is 0 Å². The van der Waals surface area contributed by atoms with Crippen LogP contribution in [-0.4, -0.2) is 69.8 Å². The van der Waals surface area contributed by atoms with Crippen molar-refractivity contribution >= 4 is 0 Å². The molecule has 82 heavy (non-hydrogen) atoms. The van der Waals surface area contributed by atoms with Crippen molar-refractivity contribution in [2.24, 2.45) is 0 Å². The van der Waals surface area contributed by atoms with Crippen LogP contribution in [-0.2, 0) is 0 Å². The molecule has 0 amide bonds. The Balaban J connectivity index is 0.000000469. The molecule has 0 bridgehead atoms. The monoisotopic (exact) mass is 1110 g/mol. The summed E-state index contributed by atoms with van der Waals surface area (Å²) in [4.78, 5) is 59.3. The van der Waals surface area contributed by atoms with Gasteiger partial charge in [0.2, 0.25) is 0 Å². The Labute approximate surface area is 495 Å². The standard InChI is InChI=1S/3C10H15N.4C8H12N2.C6H9N3/c3*1-6-7(2)9(4)11-10(5)8(6)3;1-5-6(2)10-8(4)7(3)9-5;3*1-5-6(2)9-8(4)10-7(5)3;1-4-7-5(2)9-6(3)8-4/h3*1-5H3;4*1-4H3;1-3H3. The third-order valence-corrected chi connectivity index (χ3v) is 15.6. The minimum atomic E-state index is 0.792. The summed E-state index contributed by atoms with van der Waals surface area (Å²) < 4.78 is 0. The van der Waals surface area contributed by atoms with Gasteiger partial charge in [0.15, 0.2) is 0 Å². The first kappa shape index (κ1) is 72.8. The second-order valence-corrected chi connectivity index (χ2v) is 21.7. The fourth-order valence-electron chi connectivity index (χ4n) is 8.15. The lowest BCUT2D eigenvalue weighted by Gasteiger charge is -2.09. The molecule has 14 heteroatoms. The van der Waals surface area contributed by atoms with Crippen molar-refractivity contribution in [2.45, 2.75) is 235 Å². The van der Waals surface area contributed by atoms with Crippen LogP contribution < -0.4 is 0 Å². The molecular formula is C68H102N14. The van der Waals surface area contributed by atoms with E-state index in [-0.39, 0.29) is 0 Å². The van der Waals surface area contributed by atoms with Gasteiger partial charge in [-0.05, 0) is 302 Å². The summed E-state index contributed by atoms with van der Waals surface area (Å²) in [5.74, 6) is 4.96. The molecule has 14 nitrogen and oxygen atoms in total. The maximum absolute atomic E-state index is 4.43. The summed E-state index contributed by atoms with van der Waals surface area (Å²) in [5.41, 5.74) is 33.3. The fraction of sp³-hybridized carbons (Fsp3) is 0.500. The molecule has 0 saturated carbocycles. The van der Waals surface area contributed by atoms with Gasteiger partial charge in [0.25, 0.3) is 0 Å². The van der Waals surface area contributed by atoms with E-state index in [1.165, 1.54) is 66.8 Å². The zero-order chi connectivity index (χ0) is 63.5. The lowest BCUT2D eigenvalue weighted by Crippen LogP contribution is -1.98. The van der Waals surface area contributed by atoms with Gasteiger partial charge in [-0.25, -0.2) is 44.9 Å². The second kappa shape index (κ2) is 33.0. The normalized spacial score (nSPS) is 10.1. The second-order valence-electron chi connectivity index (χ2n) is 21.7. The average molecular weight is 1120 g/mol. The van der Waals surface area contributed by atoms with Gasteiger partial charge in [-0.3, -0.25) is 24.9 Å². The molecule has 0 unspecified atom stereocenters. The van der Waals surface area contributed by atoms with Crippen molar-refractivity contribution in [1.82, 2.24) is 69.8 Å². The smallest absolute Gasteiger partial charge is 0.129 e. The summed E-state index contributed by atoms with van der Waals surface area (Å²) in [6.45, 7) is 69.1. The number of rotatable bonds is 0. The van der Waals surface area contributed by atoms with Gasteiger partial charge in [0.05, 0.1) is 22.8 Å². The molecule has 0 aromatic carbocycles. The number of aryl methyl sites for hydroxylation is 22. The minimum absolute atomic E-state index is 0.792. The maximum atomic E-state index is 4.43. The van der Waals surface area contributed by atoms with Crippen LogP contribution in [0.4, 0.5) is 0 Å². The molecular weight excluding hydrogens is 1010 g/mol. The zero-order valence-electron chi connectivity index (χ0n) is 57.3. The van der Waals surface area contributed by atoms with Gasteiger partial charge in [-0.2, -0.15) is 0 Å². The Bertz CT molecular complexity index is 2940. The molecule has 0 aliphatic carbocycles. The summed E-state index contributed by atoms with van der Waals surface area (Å²) in [6.07, 6.45) is 0. The van der Waals surface area contributed by atoms with Crippen molar-refractivity contribution in [2.75, 3.05) is 0 Å².